The fourth-order valence-electron chi connectivity index (χ4n) is 4.32. The van der Waals surface area contributed by atoms with Crippen molar-refractivity contribution in [2.24, 2.45) is 0 Å². The molecule has 32 heavy (non-hydrogen) atoms. The monoisotopic (exact) mass is 450 g/mol. The second-order valence-electron chi connectivity index (χ2n) is 7.79. The molecule has 3 N–H and O–H groups in total. The summed E-state index contributed by atoms with van der Waals surface area (Å²) in [7, 11) is 0. The van der Waals surface area contributed by atoms with Crippen LogP contribution >= 0.6 is 12.4 Å². The van der Waals surface area contributed by atoms with E-state index in [1.165, 1.54) is 0 Å². The molecule has 1 saturated heterocycles. The summed E-state index contributed by atoms with van der Waals surface area (Å²) >= 11 is 0. The molecule has 1 fully saturated rings. The van der Waals surface area contributed by atoms with Crippen molar-refractivity contribution in [2.75, 3.05) is 13.1 Å². The lowest BCUT2D eigenvalue weighted by Gasteiger charge is -2.24. The van der Waals surface area contributed by atoms with Crippen LogP contribution in [-0.2, 0) is 0 Å². The summed E-state index contributed by atoms with van der Waals surface area (Å²) in [4.78, 5) is 33.8. The molecular weight excluding hydrogens is 428 g/mol. The van der Waals surface area contributed by atoms with Crippen LogP contribution in [0.1, 0.15) is 24.3 Å². The number of nitrogens with zero attached hydrogens (tertiary/aromatic N) is 2. The van der Waals surface area contributed by atoms with Crippen LogP contribution in [0.5, 0.6) is 5.75 Å². The van der Waals surface area contributed by atoms with Gasteiger partial charge in [-0.3, -0.25) is 9.78 Å². The predicted octanol–water partition coefficient (Wildman–Crippen LogP) is 3.34. The summed E-state index contributed by atoms with van der Waals surface area (Å²) in [6.45, 7) is 1.68. The van der Waals surface area contributed by atoms with Crippen LogP contribution in [0.15, 0.2) is 70.3 Å². The Labute approximate surface area is 190 Å². The molecule has 7 nitrogen and oxygen atoms in total. The van der Waals surface area contributed by atoms with E-state index in [9.17, 15) is 14.7 Å². The number of benzene rings is 2. The maximum atomic E-state index is 13.6. The second-order valence-corrected chi connectivity index (χ2v) is 7.79. The van der Waals surface area contributed by atoms with Crippen molar-refractivity contribution in [2.45, 2.75) is 18.8 Å². The van der Waals surface area contributed by atoms with Crippen molar-refractivity contribution in [1.82, 2.24) is 19.9 Å². The minimum atomic E-state index is -0.543. The SMILES string of the molecule is Cl.O=c1[nH]c2nc(-c3ccccc3O)cc(C3CCCNC3)c2c(=O)n1-c1ccccc1. The zero-order chi connectivity index (χ0) is 21.4. The molecule has 0 saturated carbocycles. The average molecular weight is 451 g/mol. The fourth-order valence-corrected chi connectivity index (χ4v) is 4.32. The van der Waals surface area contributed by atoms with Gasteiger partial charge in [0.1, 0.15) is 11.4 Å². The molecule has 0 radical (unpaired) electrons. The van der Waals surface area contributed by atoms with Gasteiger partial charge < -0.3 is 10.4 Å². The number of hydrogen-bond acceptors (Lipinski definition) is 5. The van der Waals surface area contributed by atoms with Crippen molar-refractivity contribution in [3.63, 3.8) is 0 Å². The van der Waals surface area contributed by atoms with Gasteiger partial charge in [-0.2, -0.15) is 0 Å². The Morgan fingerprint density at radius 2 is 1.78 bits per heavy atom. The Balaban J connectivity index is 0.00000245. The second kappa shape index (κ2) is 8.98. The van der Waals surface area contributed by atoms with Gasteiger partial charge in [-0.15, -0.1) is 12.4 Å². The molecule has 0 spiro atoms. The fraction of sp³-hybridized carbons (Fsp3) is 0.208. The number of nitrogens with one attached hydrogen (secondary N) is 2. The van der Waals surface area contributed by atoms with Crippen LogP contribution in [0.3, 0.4) is 0 Å². The summed E-state index contributed by atoms with van der Waals surface area (Å²) in [6.07, 6.45) is 1.92. The number of pyridine rings is 1. The molecule has 8 heteroatoms. The normalized spacial score (nSPS) is 15.9. The van der Waals surface area contributed by atoms with E-state index in [0.29, 0.717) is 22.3 Å². The zero-order valence-electron chi connectivity index (χ0n) is 17.2. The van der Waals surface area contributed by atoms with E-state index in [0.717, 1.165) is 36.1 Å². The van der Waals surface area contributed by atoms with Crippen molar-refractivity contribution in [3.05, 3.63) is 87.1 Å². The Kier molecular flexibility index (Phi) is 6.12. The van der Waals surface area contributed by atoms with Gasteiger partial charge in [-0.25, -0.2) is 14.3 Å². The topological polar surface area (TPSA) is 100 Å². The Morgan fingerprint density at radius 1 is 1.03 bits per heavy atom. The zero-order valence-corrected chi connectivity index (χ0v) is 18.1. The largest absolute Gasteiger partial charge is 0.507 e. The highest BCUT2D eigenvalue weighted by Crippen LogP contribution is 2.33. The lowest BCUT2D eigenvalue weighted by atomic mass is 9.89. The number of aromatic amines is 1. The molecule has 0 amide bonds. The first kappa shape index (κ1) is 21.8. The van der Waals surface area contributed by atoms with Crippen LogP contribution in [-0.4, -0.2) is 32.7 Å². The van der Waals surface area contributed by atoms with Gasteiger partial charge in [0.2, 0.25) is 0 Å². The molecular formula is C24H23ClN4O3. The number of hydrogen-bond donors (Lipinski definition) is 3. The number of fused-ring (bicyclic) bond motifs is 1. The average Bonchev–Trinajstić information content (AvgIpc) is 2.80. The summed E-state index contributed by atoms with van der Waals surface area (Å²) in [5.41, 5.74) is 1.74. The number of phenols is 1. The summed E-state index contributed by atoms with van der Waals surface area (Å²) in [6, 6.07) is 17.7. The number of phenolic OH excluding ortho intramolecular Hbond substituents is 1. The summed E-state index contributed by atoms with van der Waals surface area (Å²) in [5, 5.41) is 14.2. The third-order valence-corrected chi connectivity index (χ3v) is 5.83. The predicted molar refractivity (Wildman–Crippen MR) is 127 cm³/mol. The molecule has 1 aliphatic heterocycles. The van der Waals surface area contributed by atoms with Crippen molar-refractivity contribution in [1.29, 1.82) is 0 Å². The maximum absolute atomic E-state index is 13.6. The maximum Gasteiger partial charge on any atom is 0.334 e. The quantitative estimate of drug-likeness (QED) is 0.444. The van der Waals surface area contributed by atoms with E-state index in [-0.39, 0.29) is 35.3 Å². The van der Waals surface area contributed by atoms with E-state index in [1.54, 1.807) is 42.5 Å². The third kappa shape index (κ3) is 3.81. The smallest absolute Gasteiger partial charge is 0.334 e. The highest BCUT2D eigenvalue weighted by atomic mass is 35.5. The number of aromatic hydroxyl groups is 1. The van der Waals surface area contributed by atoms with Crippen LogP contribution in [0, 0.1) is 0 Å². The first-order valence-electron chi connectivity index (χ1n) is 10.4. The number of aromatic nitrogens is 3. The molecule has 2 aromatic carbocycles. The molecule has 0 bridgehead atoms. The van der Waals surface area contributed by atoms with E-state index >= 15 is 0 Å². The van der Waals surface area contributed by atoms with Crippen LogP contribution in [0.4, 0.5) is 0 Å². The summed E-state index contributed by atoms with van der Waals surface area (Å²) < 4.78 is 1.16. The molecule has 1 unspecified atom stereocenters. The number of piperidine rings is 1. The summed E-state index contributed by atoms with van der Waals surface area (Å²) in [5.74, 6) is 0.203. The van der Waals surface area contributed by atoms with Gasteiger partial charge in [0.05, 0.1) is 16.8 Å². The van der Waals surface area contributed by atoms with Gasteiger partial charge in [0.25, 0.3) is 5.56 Å². The van der Waals surface area contributed by atoms with E-state index in [4.69, 9.17) is 0 Å². The molecule has 5 rings (SSSR count). The standard InChI is InChI=1S/C24H22N4O3.ClH/c29-20-11-5-4-10-17(20)19-13-18(15-7-6-12-25-14-15)21-22(26-19)27-24(31)28(23(21)30)16-8-2-1-3-9-16;/h1-5,8-11,13,15,25,29H,6-7,12,14H2,(H,26,27,31);1H. The van der Waals surface area contributed by atoms with Crippen LogP contribution in [0.25, 0.3) is 28.0 Å². The highest BCUT2D eigenvalue weighted by Gasteiger charge is 2.23. The number of halogens is 1. The van der Waals surface area contributed by atoms with Gasteiger partial charge in [-0.05, 0) is 61.2 Å². The first-order chi connectivity index (χ1) is 15.1. The molecule has 2 aromatic heterocycles. The van der Waals surface area contributed by atoms with E-state index in [1.807, 2.05) is 18.2 Å². The third-order valence-electron chi connectivity index (χ3n) is 5.83. The van der Waals surface area contributed by atoms with E-state index < -0.39 is 5.69 Å². The van der Waals surface area contributed by atoms with Gasteiger partial charge >= 0.3 is 5.69 Å². The molecule has 0 aliphatic carbocycles. The minimum Gasteiger partial charge on any atom is -0.507 e. The van der Waals surface area contributed by atoms with E-state index in [2.05, 4.69) is 15.3 Å². The molecule has 1 atom stereocenters. The Morgan fingerprint density at radius 3 is 2.50 bits per heavy atom. The van der Waals surface area contributed by atoms with Gasteiger partial charge in [0, 0.05) is 12.1 Å². The molecule has 4 aromatic rings. The van der Waals surface area contributed by atoms with Crippen molar-refractivity contribution in [3.8, 4) is 22.7 Å². The molecule has 164 valence electrons. The molecule has 3 heterocycles. The van der Waals surface area contributed by atoms with Gasteiger partial charge in [-0.1, -0.05) is 30.3 Å². The number of para-hydroxylation sites is 2. The number of rotatable bonds is 3. The first-order valence-corrected chi connectivity index (χ1v) is 10.4. The Hall–Kier alpha value is -3.42. The molecule has 1 aliphatic rings. The van der Waals surface area contributed by atoms with Crippen LogP contribution in [0.2, 0.25) is 0 Å². The van der Waals surface area contributed by atoms with Crippen molar-refractivity contribution < 1.29 is 5.11 Å². The van der Waals surface area contributed by atoms with Crippen molar-refractivity contribution >= 4 is 23.4 Å². The minimum absolute atomic E-state index is 0. The van der Waals surface area contributed by atoms with Crippen LogP contribution < -0.4 is 16.6 Å². The Bertz CT molecular complexity index is 1380. The lowest BCUT2D eigenvalue weighted by Crippen LogP contribution is -2.35. The van der Waals surface area contributed by atoms with Gasteiger partial charge in [0.15, 0.2) is 0 Å². The highest BCUT2D eigenvalue weighted by molar-refractivity contribution is 5.85. The number of H-pyrrole nitrogens is 1. The lowest BCUT2D eigenvalue weighted by molar-refractivity contribution is 0.463.